The number of rotatable bonds is 7. The minimum absolute atomic E-state index is 0.0563. The average Bonchev–Trinajstić information content (AvgIpc) is 3.07. The summed E-state index contributed by atoms with van der Waals surface area (Å²) in [4.78, 5) is 14.7. The van der Waals surface area contributed by atoms with E-state index in [1.165, 1.54) is 43.2 Å². The molecule has 186 valence electrons. The third kappa shape index (κ3) is 4.83. The predicted octanol–water partition coefficient (Wildman–Crippen LogP) is 4.52. The number of anilines is 2. The van der Waals surface area contributed by atoms with Gasteiger partial charge in [-0.1, -0.05) is 50.2 Å². The number of fused-ring (bicyclic) bond motifs is 1. The molecule has 8 nitrogen and oxygen atoms in total. The molecule has 0 saturated carbocycles. The molecular weight excluding hydrogens is 476 g/mol. The first-order chi connectivity index (χ1) is 17.1. The summed E-state index contributed by atoms with van der Waals surface area (Å²) in [6, 6.07) is 20.6. The van der Waals surface area contributed by atoms with Crippen molar-refractivity contribution in [3.8, 4) is 5.75 Å². The molecule has 9 heteroatoms. The van der Waals surface area contributed by atoms with Crippen molar-refractivity contribution in [2.75, 3.05) is 23.8 Å². The van der Waals surface area contributed by atoms with Gasteiger partial charge in [-0.05, 0) is 48.0 Å². The van der Waals surface area contributed by atoms with Gasteiger partial charge in [0, 0.05) is 35.6 Å². The normalized spacial score (nSPS) is 15.7. The lowest BCUT2D eigenvalue weighted by atomic mass is 9.84. The van der Waals surface area contributed by atoms with Gasteiger partial charge in [0.2, 0.25) is 0 Å². The predicted molar refractivity (Wildman–Crippen MR) is 142 cm³/mol. The van der Waals surface area contributed by atoms with Gasteiger partial charge >= 0.3 is 0 Å². The molecule has 3 aromatic rings. The number of benzene rings is 3. The fourth-order valence-corrected chi connectivity index (χ4v) is 5.42. The fraction of sp³-hybridized carbons (Fsp3) is 0.185. The Balaban J connectivity index is 1.47. The Kier molecular flexibility index (Phi) is 6.85. The van der Waals surface area contributed by atoms with Crippen molar-refractivity contribution in [2.45, 2.75) is 24.2 Å². The molecule has 0 aliphatic carbocycles. The summed E-state index contributed by atoms with van der Waals surface area (Å²) < 4.78 is 33.5. The molecule has 0 saturated heterocycles. The van der Waals surface area contributed by atoms with Crippen LogP contribution in [0.15, 0.2) is 94.6 Å². The Hall–Kier alpha value is -4.11. The Morgan fingerprint density at radius 2 is 1.75 bits per heavy atom. The van der Waals surface area contributed by atoms with Crippen LogP contribution in [0, 0.1) is 0 Å². The lowest BCUT2D eigenvalue weighted by Crippen LogP contribution is -2.23. The molecule has 0 bridgehead atoms. The molecule has 0 fully saturated rings. The molecule has 0 unspecified atom stereocenters. The first kappa shape index (κ1) is 25.0. The summed E-state index contributed by atoms with van der Waals surface area (Å²) in [5.41, 5.74) is 6.10. The van der Waals surface area contributed by atoms with Gasteiger partial charge in [-0.15, -0.1) is 0 Å². The Labute approximate surface area is 211 Å². The molecule has 2 N–H and O–H groups in total. The monoisotopic (exact) mass is 504 g/mol. The number of amides is 1. The van der Waals surface area contributed by atoms with Crippen molar-refractivity contribution in [2.24, 2.45) is 5.10 Å². The second-order valence-corrected chi connectivity index (χ2v) is 10.5. The molecule has 0 atom stereocenters. The number of hydrazone groups is 1. The van der Waals surface area contributed by atoms with Crippen LogP contribution < -0.4 is 19.8 Å². The molecule has 1 heterocycles. The van der Waals surface area contributed by atoms with Gasteiger partial charge in [-0.25, -0.2) is 13.8 Å². The average molecular weight is 505 g/mol. The summed E-state index contributed by atoms with van der Waals surface area (Å²) >= 11 is 0. The van der Waals surface area contributed by atoms with Gasteiger partial charge in [0.15, 0.2) is 0 Å². The molecule has 1 aliphatic rings. The fourth-order valence-electron chi connectivity index (χ4n) is 4.31. The van der Waals surface area contributed by atoms with Crippen molar-refractivity contribution in [1.29, 1.82) is 0 Å². The molecule has 1 amide bonds. The van der Waals surface area contributed by atoms with Crippen LogP contribution >= 0.6 is 0 Å². The van der Waals surface area contributed by atoms with Crippen LogP contribution in [-0.4, -0.2) is 34.7 Å². The number of carbonyl (C=O) groups excluding carboxylic acids is 1. The topological polar surface area (TPSA) is 100 Å². The van der Waals surface area contributed by atoms with Gasteiger partial charge in [-0.3, -0.25) is 9.52 Å². The minimum atomic E-state index is -3.95. The maximum absolute atomic E-state index is 12.9. The van der Waals surface area contributed by atoms with Crippen molar-refractivity contribution in [3.05, 3.63) is 95.7 Å². The Morgan fingerprint density at radius 3 is 2.50 bits per heavy atom. The van der Waals surface area contributed by atoms with Crippen molar-refractivity contribution >= 4 is 33.5 Å². The summed E-state index contributed by atoms with van der Waals surface area (Å²) in [6.07, 6.45) is 3.39. The highest BCUT2D eigenvalue weighted by Crippen LogP contribution is 2.46. The number of hydrogen-bond acceptors (Lipinski definition) is 6. The van der Waals surface area contributed by atoms with Crippen LogP contribution in [0.1, 0.15) is 29.8 Å². The number of sulfonamides is 1. The third-order valence-electron chi connectivity index (χ3n) is 6.17. The summed E-state index contributed by atoms with van der Waals surface area (Å²) in [7, 11) is -0.493. The summed E-state index contributed by atoms with van der Waals surface area (Å²) in [5.74, 6) is -0.140. The molecule has 0 radical (unpaired) electrons. The highest BCUT2D eigenvalue weighted by Gasteiger charge is 2.37. The number of nitrogens with one attached hydrogen (secondary N) is 2. The standard InChI is InChI=1S/C27H28N4O4S/c1-27(2)21-12-5-7-14-23(21)31(3)25(27)16-17-28-29-26(32)19-10-9-11-20(18-19)36(33,34)30-22-13-6-8-15-24(22)35-4/h5-18,30H,1-4H3,(H,29,32)/b25-16+,28-17-. The van der Waals surface area contributed by atoms with Crippen LogP contribution in [0.4, 0.5) is 11.4 Å². The zero-order valence-corrected chi connectivity index (χ0v) is 21.3. The van der Waals surface area contributed by atoms with E-state index in [-0.39, 0.29) is 15.9 Å². The maximum Gasteiger partial charge on any atom is 0.271 e. The SMILES string of the molecule is COc1ccccc1NS(=O)(=O)c1cccc(C(=O)N/N=C\C=C2\N(C)c3ccccc3C2(C)C)c1. The Bertz CT molecular complexity index is 1460. The van der Waals surface area contributed by atoms with Crippen LogP contribution in [0.5, 0.6) is 5.75 Å². The van der Waals surface area contributed by atoms with Crippen LogP contribution in [0.25, 0.3) is 0 Å². The van der Waals surface area contributed by atoms with E-state index in [4.69, 9.17) is 4.74 Å². The lowest BCUT2D eigenvalue weighted by molar-refractivity contribution is 0.0955. The van der Waals surface area contributed by atoms with E-state index in [9.17, 15) is 13.2 Å². The van der Waals surface area contributed by atoms with Crippen molar-refractivity contribution in [3.63, 3.8) is 0 Å². The van der Waals surface area contributed by atoms with E-state index in [1.54, 1.807) is 24.3 Å². The number of allylic oxidation sites excluding steroid dienone is 2. The van der Waals surface area contributed by atoms with Crippen LogP contribution in [0.3, 0.4) is 0 Å². The zero-order valence-electron chi connectivity index (χ0n) is 20.5. The first-order valence-corrected chi connectivity index (χ1v) is 12.8. The lowest BCUT2D eigenvalue weighted by Gasteiger charge is -2.23. The molecule has 3 aromatic carbocycles. The number of likely N-dealkylation sites (N-methyl/N-ethyl adjacent to an activating group) is 1. The van der Waals surface area contributed by atoms with E-state index in [0.29, 0.717) is 11.4 Å². The number of nitrogens with zero attached hydrogens (tertiary/aromatic N) is 2. The summed E-state index contributed by atoms with van der Waals surface area (Å²) in [6.45, 7) is 4.27. The highest BCUT2D eigenvalue weighted by molar-refractivity contribution is 7.92. The van der Waals surface area contributed by atoms with Gasteiger partial charge in [0.1, 0.15) is 5.75 Å². The number of carbonyl (C=O) groups is 1. The van der Waals surface area contributed by atoms with Gasteiger partial charge in [-0.2, -0.15) is 5.10 Å². The zero-order chi connectivity index (χ0) is 25.9. The number of ether oxygens (including phenoxy) is 1. The van der Waals surface area contributed by atoms with E-state index in [1.807, 2.05) is 25.3 Å². The highest BCUT2D eigenvalue weighted by atomic mass is 32.2. The molecule has 1 aliphatic heterocycles. The first-order valence-electron chi connectivity index (χ1n) is 11.3. The van der Waals surface area contributed by atoms with E-state index >= 15 is 0 Å². The molecule has 0 spiro atoms. The van der Waals surface area contributed by atoms with Gasteiger partial charge in [0.05, 0.1) is 17.7 Å². The van der Waals surface area contributed by atoms with Crippen LogP contribution in [0.2, 0.25) is 0 Å². The number of para-hydroxylation sites is 3. The quantitative estimate of drug-likeness (QED) is 0.364. The van der Waals surface area contributed by atoms with Crippen molar-refractivity contribution < 1.29 is 17.9 Å². The number of hydrogen-bond donors (Lipinski definition) is 2. The second-order valence-electron chi connectivity index (χ2n) is 8.81. The molecule has 4 rings (SSSR count). The Morgan fingerprint density at radius 1 is 1.03 bits per heavy atom. The third-order valence-corrected chi connectivity index (χ3v) is 7.53. The van der Waals surface area contributed by atoms with Gasteiger partial charge < -0.3 is 9.64 Å². The smallest absolute Gasteiger partial charge is 0.271 e. The minimum Gasteiger partial charge on any atom is -0.495 e. The van der Waals surface area contributed by atoms with Crippen molar-refractivity contribution in [1.82, 2.24) is 5.43 Å². The van der Waals surface area contributed by atoms with Crippen LogP contribution in [-0.2, 0) is 15.4 Å². The van der Waals surface area contributed by atoms with E-state index in [2.05, 4.69) is 46.1 Å². The van der Waals surface area contributed by atoms with Gasteiger partial charge in [0.25, 0.3) is 15.9 Å². The molecule has 0 aromatic heterocycles. The molecule has 36 heavy (non-hydrogen) atoms. The second kappa shape index (κ2) is 9.87. The number of methoxy groups -OCH3 is 1. The molecular formula is C27H28N4O4S. The van der Waals surface area contributed by atoms with E-state index < -0.39 is 15.9 Å². The van der Waals surface area contributed by atoms with E-state index in [0.717, 1.165) is 11.4 Å². The maximum atomic E-state index is 12.9. The largest absolute Gasteiger partial charge is 0.495 e. The summed E-state index contributed by atoms with van der Waals surface area (Å²) in [5, 5.41) is 4.05.